The number of hydrogen-bond donors (Lipinski definition) is 1. The maximum absolute atomic E-state index is 12.4. The predicted molar refractivity (Wildman–Crippen MR) is 97.8 cm³/mol. The summed E-state index contributed by atoms with van der Waals surface area (Å²) in [5.74, 6) is -1.59. The first-order valence-corrected chi connectivity index (χ1v) is 8.51. The summed E-state index contributed by atoms with van der Waals surface area (Å²) >= 11 is 0.633. The van der Waals surface area contributed by atoms with Crippen LogP contribution in [0.25, 0.3) is 6.08 Å². The van der Waals surface area contributed by atoms with Gasteiger partial charge in [-0.05, 0) is 36.9 Å². The van der Waals surface area contributed by atoms with E-state index < -0.39 is 34.4 Å². The molecule has 3 amide bonds. The minimum absolute atomic E-state index is 0.0207. The molecule has 1 aliphatic rings. The molecule has 27 heavy (non-hydrogen) atoms. The molecule has 2 aromatic rings. The number of hydrogen-bond acceptors (Lipinski definition) is 7. The Labute approximate surface area is 157 Å². The van der Waals surface area contributed by atoms with Gasteiger partial charge in [-0.3, -0.25) is 29.4 Å². The Morgan fingerprint density at radius 1 is 1.26 bits per heavy atom. The number of rotatable bonds is 5. The van der Waals surface area contributed by atoms with Crippen molar-refractivity contribution in [1.29, 1.82) is 0 Å². The summed E-state index contributed by atoms with van der Waals surface area (Å²) in [6.45, 7) is 1.47. The molecule has 0 saturated carbocycles. The van der Waals surface area contributed by atoms with Gasteiger partial charge in [0.1, 0.15) is 17.2 Å². The van der Waals surface area contributed by atoms with Crippen molar-refractivity contribution >= 4 is 46.5 Å². The van der Waals surface area contributed by atoms with Crippen LogP contribution in [0.5, 0.6) is 0 Å². The Morgan fingerprint density at radius 3 is 2.59 bits per heavy atom. The molecule has 1 aromatic heterocycles. The van der Waals surface area contributed by atoms with E-state index in [4.69, 9.17) is 4.42 Å². The van der Waals surface area contributed by atoms with Crippen LogP contribution in [-0.2, 0) is 9.59 Å². The van der Waals surface area contributed by atoms with Crippen LogP contribution < -0.4 is 5.32 Å². The molecule has 0 atom stereocenters. The Hall–Kier alpha value is -3.40. The molecule has 0 radical (unpaired) electrons. The van der Waals surface area contributed by atoms with Crippen molar-refractivity contribution in [2.24, 2.45) is 0 Å². The molecule has 1 aliphatic heterocycles. The molecular weight excluding hydrogens is 374 g/mol. The average Bonchev–Trinajstić information content (AvgIpc) is 3.18. The molecule has 0 unspecified atom stereocenters. The van der Waals surface area contributed by atoms with Gasteiger partial charge in [-0.2, -0.15) is 0 Å². The molecule has 2 heterocycles. The molecule has 1 aromatic carbocycles. The number of thioether (sulfide) groups is 1. The van der Waals surface area contributed by atoms with Crippen LogP contribution in [0.2, 0.25) is 0 Å². The van der Waals surface area contributed by atoms with Gasteiger partial charge in [0.2, 0.25) is 5.91 Å². The van der Waals surface area contributed by atoms with Crippen molar-refractivity contribution < 1.29 is 23.7 Å². The van der Waals surface area contributed by atoms with Crippen LogP contribution in [-0.4, -0.2) is 33.4 Å². The van der Waals surface area contributed by atoms with Gasteiger partial charge < -0.3 is 9.73 Å². The number of nitro groups is 1. The molecule has 3 rings (SSSR count). The van der Waals surface area contributed by atoms with Crippen LogP contribution in [0.1, 0.15) is 11.3 Å². The third-order valence-electron chi connectivity index (χ3n) is 3.58. The standard InChI is InChI=1S/C17H13N3O6S/c1-10-2-4-11(5-3-10)18-14(21)9-19-16(22)13(27-17(19)23)8-12-6-7-15(26-12)20(24)25/h2-8H,9H2,1H3,(H,18,21)/b13-8-. The summed E-state index contributed by atoms with van der Waals surface area (Å²) in [6, 6.07) is 9.53. The van der Waals surface area contributed by atoms with Crippen molar-refractivity contribution in [3.63, 3.8) is 0 Å². The highest BCUT2D eigenvalue weighted by atomic mass is 32.2. The maximum atomic E-state index is 12.4. The summed E-state index contributed by atoms with van der Waals surface area (Å²) in [5.41, 5.74) is 1.58. The summed E-state index contributed by atoms with van der Waals surface area (Å²) in [6.07, 6.45) is 1.23. The molecule has 0 bridgehead atoms. The number of carbonyl (C=O) groups is 3. The summed E-state index contributed by atoms with van der Waals surface area (Å²) in [4.78, 5) is 47.2. The minimum Gasteiger partial charge on any atom is -0.401 e. The smallest absolute Gasteiger partial charge is 0.401 e. The van der Waals surface area contributed by atoms with Crippen LogP contribution in [0.15, 0.2) is 45.7 Å². The van der Waals surface area contributed by atoms with E-state index in [1.54, 1.807) is 12.1 Å². The maximum Gasteiger partial charge on any atom is 0.433 e. The second-order valence-electron chi connectivity index (χ2n) is 5.62. The van der Waals surface area contributed by atoms with E-state index >= 15 is 0 Å². The number of nitrogens with one attached hydrogen (secondary N) is 1. The number of furan rings is 1. The quantitative estimate of drug-likeness (QED) is 0.475. The average molecular weight is 387 g/mol. The summed E-state index contributed by atoms with van der Waals surface area (Å²) < 4.78 is 4.95. The Kier molecular flexibility index (Phi) is 5.08. The van der Waals surface area contributed by atoms with Crippen LogP contribution in [0, 0.1) is 17.0 Å². The highest BCUT2D eigenvalue weighted by molar-refractivity contribution is 8.18. The Morgan fingerprint density at radius 2 is 1.96 bits per heavy atom. The van der Waals surface area contributed by atoms with E-state index in [0.717, 1.165) is 16.5 Å². The lowest BCUT2D eigenvalue weighted by atomic mass is 10.2. The van der Waals surface area contributed by atoms with Gasteiger partial charge >= 0.3 is 5.88 Å². The van der Waals surface area contributed by atoms with Crippen molar-refractivity contribution in [3.05, 3.63) is 62.7 Å². The molecular formula is C17H13N3O6S. The van der Waals surface area contributed by atoms with E-state index in [2.05, 4.69) is 5.32 Å². The highest BCUT2D eigenvalue weighted by Gasteiger charge is 2.36. The van der Waals surface area contributed by atoms with Crippen LogP contribution >= 0.6 is 11.8 Å². The molecule has 1 saturated heterocycles. The predicted octanol–water partition coefficient (Wildman–Crippen LogP) is 3.17. The minimum atomic E-state index is -0.710. The van der Waals surface area contributed by atoms with E-state index in [0.29, 0.717) is 17.4 Å². The largest absolute Gasteiger partial charge is 0.433 e. The number of anilines is 1. The SMILES string of the molecule is Cc1ccc(NC(=O)CN2C(=O)S/C(=C\c3ccc([N+](=O)[O-])o3)C2=O)cc1. The Bertz CT molecular complexity index is 963. The molecule has 9 nitrogen and oxygen atoms in total. The van der Waals surface area contributed by atoms with Gasteiger partial charge in [-0.25, -0.2) is 0 Å². The topological polar surface area (TPSA) is 123 Å². The van der Waals surface area contributed by atoms with E-state index in [9.17, 15) is 24.5 Å². The Balaban J connectivity index is 1.68. The second kappa shape index (κ2) is 7.46. The highest BCUT2D eigenvalue weighted by Crippen LogP contribution is 2.32. The van der Waals surface area contributed by atoms with Crippen LogP contribution in [0.3, 0.4) is 0 Å². The van der Waals surface area contributed by atoms with Crippen molar-refractivity contribution in [2.75, 3.05) is 11.9 Å². The monoisotopic (exact) mass is 387 g/mol. The lowest BCUT2D eigenvalue weighted by molar-refractivity contribution is -0.402. The fourth-order valence-electron chi connectivity index (χ4n) is 2.26. The first kappa shape index (κ1) is 18.4. The van der Waals surface area contributed by atoms with Gasteiger partial charge in [0, 0.05) is 11.8 Å². The molecule has 0 spiro atoms. The van der Waals surface area contributed by atoms with Gasteiger partial charge in [0.25, 0.3) is 11.1 Å². The first-order chi connectivity index (χ1) is 12.8. The van der Waals surface area contributed by atoms with Gasteiger partial charge in [-0.15, -0.1) is 0 Å². The lowest BCUT2D eigenvalue weighted by Crippen LogP contribution is -2.36. The molecule has 1 N–H and O–H groups in total. The first-order valence-electron chi connectivity index (χ1n) is 7.69. The number of aryl methyl sites for hydroxylation is 1. The lowest BCUT2D eigenvalue weighted by Gasteiger charge is -2.12. The summed E-state index contributed by atoms with van der Waals surface area (Å²) in [5, 5.41) is 12.6. The molecule has 0 aliphatic carbocycles. The second-order valence-corrected chi connectivity index (χ2v) is 6.61. The zero-order chi connectivity index (χ0) is 19.6. The number of benzene rings is 1. The molecule has 1 fully saturated rings. The van der Waals surface area contributed by atoms with Gasteiger partial charge in [0.05, 0.1) is 11.0 Å². The number of amides is 3. The zero-order valence-electron chi connectivity index (χ0n) is 14.0. The van der Waals surface area contributed by atoms with E-state index in [1.165, 1.54) is 12.1 Å². The van der Waals surface area contributed by atoms with Crippen molar-refractivity contribution in [2.45, 2.75) is 6.92 Å². The third kappa shape index (κ3) is 4.23. The normalized spacial score (nSPS) is 15.4. The van der Waals surface area contributed by atoms with Gasteiger partial charge in [0.15, 0.2) is 0 Å². The van der Waals surface area contributed by atoms with Crippen LogP contribution in [0.4, 0.5) is 16.4 Å². The van der Waals surface area contributed by atoms with Crippen molar-refractivity contribution in [1.82, 2.24) is 4.90 Å². The third-order valence-corrected chi connectivity index (χ3v) is 4.48. The van der Waals surface area contributed by atoms with E-state index in [-0.39, 0.29) is 10.7 Å². The number of imide groups is 1. The molecule has 10 heteroatoms. The number of nitrogens with zero attached hydrogens (tertiary/aromatic N) is 2. The van der Waals surface area contributed by atoms with Gasteiger partial charge in [-0.1, -0.05) is 17.7 Å². The van der Waals surface area contributed by atoms with E-state index in [1.807, 2.05) is 19.1 Å². The fourth-order valence-corrected chi connectivity index (χ4v) is 3.08. The zero-order valence-corrected chi connectivity index (χ0v) is 14.8. The number of carbonyl (C=O) groups excluding carboxylic acids is 3. The fraction of sp³-hybridized carbons (Fsp3) is 0.118. The van der Waals surface area contributed by atoms with Crippen molar-refractivity contribution in [3.8, 4) is 0 Å². The summed E-state index contributed by atoms with van der Waals surface area (Å²) in [7, 11) is 0. The molecule has 138 valence electrons.